The number of rotatable bonds is 2. The third-order valence-electron chi connectivity index (χ3n) is 1.28. The molecule has 1 aromatic rings. The van der Waals surface area contributed by atoms with Crippen molar-refractivity contribution in [2.75, 3.05) is 7.05 Å². The molecule has 1 aromatic heterocycles. The Morgan fingerprint density at radius 2 is 2.17 bits per heavy atom. The SMILES string of the molecule is CNS(=O)(=O)c1cncc(O)c1. The number of aromatic hydroxyl groups is 1. The Balaban J connectivity index is 3.21. The number of hydrogen-bond donors (Lipinski definition) is 2. The highest BCUT2D eigenvalue weighted by Gasteiger charge is 2.11. The zero-order valence-corrected chi connectivity index (χ0v) is 7.17. The van der Waals surface area contributed by atoms with Crippen LogP contribution in [0.5, 0.6) is 5.75 Å². The van der Waals surface area contributed by atoms with Crippen molar-refractivity contribution in [3.63, 3.8) is 0 Å². The lowest BCUT2D eigenvalue weighted by molar-refractivity contribution is 0.470. The van der Waals surface area contributed by atoms with Crippen LogP contribution in [0.1, 0.15) is 0 Å². The van der Waals surface area contributed by atoms with Crippen molar-refractivity contribution in [2.45, 2.75) is 4.90 Å². The van der Waals surface area contributed by atoms with Gasteiger partial charge in [-0.15, -0.1) is 0 Å². The molecule has 0 aliphatic rings. The first-order valence-electron chi connectivity index (χ1n) is 3.14. The van der Waals surface area contributed by atoms with Crippen LogP contribution in [-0.4, -0.2) is 25.6 Å². The molecule has 0 aromatic carbocycles. The predicted octanol–water partition coefficient (Wildman–Crippen LogP) is -0.305. The van der Waals surface area contributed by atoms with Gasteiger partial charge in [0.1, 0.15) is 10.6 Å². The molecule has 0 aliphatic carbocycles. The van der Waals surface area contributed by atoms with Crippen LogP contribution in [0, 0.1) is 0 Å². The zero-order chi connectivity index (χ0) is 9.19. The molecule has 0 bridgehead atoms. The van der Waals surface area contributed by atoms with Gasteiger partial charge in [0.05, 0.1) is 6.20 Å². The van der Waals surface area contributed by atoms with Gasteiger partial charge in [-0.3, -0.25) is 4.98 Å². The van der Waals surface area contributed by atoms with E-state index in [1.807, 2.05) is 0 Å². The van der Waals surface area contributed by atoms with Gasteiger partial charge in [-0.2, -0.15) is 0 Å². The normalized spacial score (nSPS) is 11.4. The van der Waals surface area contributed by atoms with E-state index in [1.54, 1.807) is 0 Å². The van der Waals surface area contributed by atoms with E-state index in [2.05, 4.69) is 9.71 Å². The van der Waals surface area contributed by atoms with Crippen LogP contribution in [0.4, 0.5) is 0 Å². The number of pyridine rings is 1. The fourth-order valence-corrected chi connectivity index (χ4v) is 1.38. The van der Waals surface area contributed by atoms with Gasteiger partial charge >= 0.3 is 0 Å². The third kappa shape index (κ3) is 1.72. The Morgan fingerprint density at radius 1 is 1.50 bits per heavy atom. The minimum atomic E-state index is -3.49. The first-order chi connectivity index (χ1) is 5.56. The average molecular weight is 188 g/mol. The first kappa shape index (κ1) is 8.95. The molecule has 0 spiro atoms. The molecular formula is C6H8N2O3S. The molecule has 0 atom stereocenters. The third-order valence-corrected chi connectivity index (χ3v) is 2.66. The molecule has 5 nitrogen and oxygen atoms in total. The van der Waals surface area contributed by atoms with Crippen LogP contribution in [0.3, 0.4) is 0 Å². The highest BCUT2D eigenvalue weighted by molar-refractivity contribution is 7.89. The second-order valence-corrected chi connectivity index (χ2v) is 3.97. The van der Waals surface area contributed by atoms with E-state index in [9.17, 15) is 8.42 Å². The van der Waals surface area contributed by atoms with Gasteiger partial charge in [0.2, 0.25) is 10.0 Å². The number of nitrogens with zero attached hydrogens (tertiary/aromatic N) is 1. The van der Waals surface area contributed by atoms with Crippen LogP contribution >= 0.6 is 0 Å². The van der Waals surface area contributed by atoms with Crippen molar-refractivity contribution in [2.24, 2.45) is 0 Å². The Morgan fingerprint density at radius 3 is 2.67 bits per heavy atom. The number of nitrogens with one attached hydrogen (secondary N) is 1. The number of aromatic nitrogens is 1. The maximum Gasteiger partial charge on any atom is 0.241 e. The van der Waals surface area contributed by atoms with Crippen LogP contribution in [-0.2, 0) is 10.0 Å². The molecule has 0 saturated carbocycles. The topological polar surface area (TPSA) is 79.3 Å². The summed E-state index contributed by atoms with van der Waals surface area (Å²) < 4.78 is 24.3. The Kier molecular flexibility index (Phi) is 2.30. The minimum Gasteiger partial charge on any atom is -0.506 e. The maximum absolute atomic E-state index is 11.1. The van der Waals surface area contributed by atoms with Crippen molar-refractivity contribution in [3.8, 4) is 5.75 Å². The Hall–Kier alpha value is -1.14. The van der Waals surface area contributed by atoms with Crippen molar-refractivity contribution in [1.29, 1.82) is 0 Å². The molecule has 0 saturated heterocycles. The lowest BCUT2D eigenvalue weighted by Crippen LogP contribution is -2.18. The molecule has 6 heteroatoms. The zero-order valence-electron chi connectivity index (χ0n) is 6.35. The second-order valence-electron chi connectivity index (χ2n) is 2.09. The summed E-state index contributed by atoms with van der Waals surface area (Å²) in [4.78, 5) is 3.48. The summed E-state index contributed by atoms with van der Waals surface area (Å²) in [5.41, 5.74) is 0. The Bertz CT molecular complexity index is 374. The van der Waals surface area contributed by atoms with Gasteiger partial charge in [-0.1, -0.05) is 0 Å². The van der Waals surface area contributed by atoms with Gasteiger partial charge in [0, 0.05) is 12.3 Å². The second kappa shape index (κ2) is 3.08. The van der Waals surface area contributed by atoms with E-state index in [-0.39, 0.29) is 10.6 Å². The summed E-state index contributed by atoms with van der Waals surface area (Å²) in [6.07, 6.45) is 2.32. The van der Waals surface area contributed by atoms with Crippen molar-refractivity contribution < 1.29 is 13.5 Å². The number of hydrogen-bond acceptors (Lipinski definition) is 4. The standard InChI is InChI=1S/C6H8N2O3S/c1-7-12(10,11)6-2-5(9)3-8-4-6/h2-4,7,9H,1H3. The molecular weight excluding hydrogens is 180 g/mol. The average Bonchev–Trinajstić information content (AvgIpc) is 2.05. The molecule has 0 radical (unpaired) electrons. The minimum absolute atomic E-state index is 0.0509. The summed E-state index contributed by atoms with van der Waals surface area (Å²) in [5.74, 6) is -0.175. The molecule has 0 amide bonds. The van der Waals surface area contributed by atoms with Crippen LogP contribution in [0.2, 0.25) is 0 Å². The lowest BCUT2D eigenvalue weighted by Gasteiger charge is -2.00. The highest BCUT2D eigenvalue weighted by Crippen LogP contribution is 2.12. The number of sulfonamides is 1. The van der Waals surface area contributed by atoms with Gasteiger partial charge in [-0.05, 0) is 7.05 Å². The highest BCUT2D eigenvalue weighted by atomic mass is 32.2. The quantitative estimate of drug-likeness (QED) is 0.667. The summed E-state index contributed by atoms with van der Waals surface area (Å²) in [6.45, 7) is 0. The molecule has 1 rings (SSSR count). The molecule has 0 aliphatic heterocycles. The van der Waals surface area contributed by atoms with E-state index in [1.165, 1.54) is 7.05 Å². The summed E-state index contributed by atoms with van der Waals surface area (Å²) in [6, 6.07) is 1.12. The molecule has 0 unspecified atom stereocenters. The molecule has 66 valence electrons. The molecule has 2 N–H and O–H groups in total. The lowest BCUT2D eigenvalue weighted by atomic mass is 10.5. The molecule has 0 fully saturated rings. The monoisotopic (exact) mass is 188 g/mol. The van der Waals surface area contributed by atoms with Crippen molar-refractivity contribution in [1.82, 2.24) is 9.71 Å². The Labute approximate surface area is 70.1 Å². The summed E-state index contributed by atoms with van der Waals surface area (Å²) in [5, 5.41) is 8.92. The van der Waals surface area contributed by atoms with Crippen LogP contribution in [0.15, 0.2) is 23.4 Å². The van der Waals surface area contributed by atoms with Gasteiger partial charge in [-0.25, -0.2) is 13.1 Å². The fourth-order valence-electron chi connectivity index (χ4n) is 0.672. The maximum atomic E-state index is 11.1. The van der Waals surface area contributed by atoms with Gasteiger partial charge in [0.15, 0.2) is 0 Å². The van der Waals surface area contributed by atoms with E-state index < -0.39 is 10.0 Å². The van der Waals surface area contributed by atoms with E-state index >= 15 is 0 Å². The summed E-state index contributed by atoms with van der Waals surface area (Å²) >= 11 is 0. The predicted molar refractivity (Wildman–Crippen MR) is 42.1 cm³/mol. The van der Waals surface area contributed by atoms with E-state index in [4.69, 9.17) is 5.11 Å². The fraction of sp³-hybridized carbons (Fsp3) is 0.167. The molecule has 1 heterocycles. The largest absolute Gasteiger partial charge is 0.506 e. The van der Waals surface area contributed by atoms with E-state index in [0.717, 1.165) is 18.5 Å². The van der Waals surface area contributed by atoms with Crippen molar-refractivity contribution in [3.05, 3.63) is 18.5 Å². The van der Waals surface area contributed by atoms with E-state index in [0.29, 0.717) is 0 Å². The van der Waals surface area contributed by atoms with Crippen LogP contribution in [0.25, 0.3) is 0 Å². The van der Waals surface area contributed by atoms with Crippen LogP contribution < -0.4 is 4.72 Å². The van der Waals surface area contributed by atoms with Crippen molar-refractivity contribution >= 4 is 10.0 Å². The molecule has 12 heavy (non-hydrogen) atoms. The summed E-state index contributed by atoms with van der Waals surface area (Å²) in [7, 11) is -2.20. The van der Waals surface area contributed by atoms with Gasteiger partial charge in [0.25, 0.3) is 0 Å². The van der Waals surface area contributed by atoms with Gasteiger partial charge < -0.3 is 5.11 Å². The smallest absolute Gasteiger partial charge is 0.241 e. The first-order valence-corrected chi connectivity index (χ1v) is 4.62.